The van der Waals surface area contributed by atoms with Crippen molar-refractivity contribution in [2.75, 3.05) is 0 Å². The Morgan fingerprint density at radius 2 is 1.24 bits per heavy atom. The summed E-state index contributed by atoms with van der Waals surface area (Å²) in [7, 11) is 0. The lowest BCUT2D eigenvalue weighted by Gasteiger charge is -2.23. The van der Waals surface area contributed by atoms with Gasteiger partial charge in [0.05, 0.1) is 0 Å². The predicted octanol–water partition coefficient (Wildman–Crippen LogP) is 7.53. The first-order chi connectivity index (χ1) is 12.2. The van der Waals surface area contributed by atoms with Gasteiger partial charge in [0.15, 0.2) is 0 Å². The van der Waals surface area contributed by atoms with Crippen LogP contribution in [0.3, 0.4) is 0 Å². The molecule has 0 saturated carbocycles. The minimum atomic E-state index is -0.195. The SMILES string of the molecule is CCCCCCCCCCCCCCC(C)(C=O)Cc1ccccc1. The van der Waals surface area contributed by atoms with Crippen LogP contribution < -0.4 is 0 Å². The van der Waals surface area contributed by atoms with Crippen LogP contribution in [0.4, 0.5) is 0 Å². The standard InChI is InChI=1S/C24H40O/c1-3-4-5-6-7-8-9-10-11-12-13-17-20-24(2,22-25)21-23-18-15-14-16-19-23/h14-16,18-19,22H,3-13,17,20-21H2,1-2H3. The number of benzene rings is 1. The fourth-order valence-electron chi connectivity index (χ4n) is 3.62. The molecule has 1 aromatic rings. The molecule has 0 bridgehead atoms. The fraction of sp³-hybridized carbons (Fsp3) is 0.708. The van der Waals surface area contributed by atoms with E-state index < -0.39 is 0 Å². The number of unbranched alkanes of at least 4 members (excludes halogenated alkanes) is 11. The predicted molar refractivity (Wildman–Crippen MR) is 110 cm³/mol. The lowest BCUT2D eigenvalue weighted by molar-refractivity contribution is -0.115. The quantitative estimate of drug-likeness (QED) is 0.224. The van der Waals surface area contributed by atoms with Crippen molar-refractivity contribution < 1.29 is 4.79 Å². The average molecular weight is 345 g/mol. The van der Waals surface area contributed by atoms with E-state index in [1.54, 1.807) is 0 Å². The zero-order valence-corrected chi connectivity index (χ0v) is 16.8. The largest absolute Gasteiger partial charge is 0.303 e. The minimum Gasteiger partial charge on any atom is -0.303 e. The van der Waals surface area contributed by atoms with Crippen molar-refractivity contribution in [3.05, 3.63) is 35.9 Å². The molecule has 0 N–H and O–H groups in total. The number of carbonyl (C=O) groups is 1. The van der Waals surface area contributed by atoms with Gasteiger partial charge in [0, 0.05) is 5.41 Å². The normalized spacial score (nSPS) is 13.5. The molecule has 142 valence electrons. The summed E-state index contributed by atoms with van der Waals surface area (Å²) in [5, 5.41) is 0. The van der Waals surface area contributed by atoms with Crippen LogP contribution in [0.25, 0.3) is 0 Å². The molecule has 0 radical (unpaired) electrons. The van der Waals surface area contributed by atoms with Crippen molar-refractivity contribution in [2.45, 2.75) is 104 Å². The number of carbonyl (C=O) groups excluding carboxylic acids is 1. The Labute approximate surface area is 156 Å². The van der Waals surface area contributed by atoms with Crippen LogP contribution in [0.15, 0.2) is 30.3 Å². The van der Waals surface area contributed by atoms with Crippen LogP contribution in [0.2, 0.25) is 0 Å². The molecule has 0 aromatic heterocycles. The molecule has 0 fully saturated rings. The molecule has 0 spiro atoms. The molecule has 1 heteroatoms. The van der Waals surface area contributed by atoms with Crippen molar-refractivity contribution in [1.82, 2.24) is 0 Å². The van der Waals surface area contributed by atoms with E-state index in [1.165, 1.54) is 88.9 Å². The molecule has 1 atom stereocenters. The lowest BCUT2D eigenvalue weighted by atomic mass is 9.80. The lowest BCUT2D eigenvalue weighted by Crippen LogP contribution is -2.21. The molecule has 0 heterocycles. The number of hydrogen-bond acceptors (Lipinski definition) is 1. The van der Waals surface area contributed by atoms with E-state index in [0.29, 0.717) is 0 Å². The summed E-state index contributed by atoms with van der Waals surface area (Å²) in [6, 6.07) is 10.4. The smallest absolute Gasteiger partial charge is 0.126 e. The monoisotopic (exact) mass is 344 g/mol. The zero-order chi connectivity index (χ0) is 18.2. The van der Waals surface area contributed by atoms with Crippen LogP contribution in [-0.2, 0) is 11.2 Å². The second-order valence-corrected chi connectivity index (χ2v) is 8.07. The van der Waals surface area contributed by atoms with Crippen molar-refractivity contribution in [3.63, 3.8) is 0 Å². The maximum absolute atomic E-state index is 11.6. The summed E-state index contributed by atoms with van der Waals surface area (Å²) >= 11 is 0. The molecule has 25 heavy (non-hydrogen) atoms. The maximum atomic E-state index is 11.6. The minimum absolute atomic E-state index is 0.195. The fourth-order valence-corrected chi connectivity index (χ4v) is 3.62. The third-order valence-electron chi connectivity index (χ3n) is 5.34. The van der Waals surface area contributed by atoms with E-state index in [0.717, 1.165) is 12.8 Å². The summed E-state index contributed by atoms with van der Waals surface area (Å²) in [5.74, 6) is 0. The second kappa shape index (κ2) is 14.1. The first-order valence-electron chi connectivity index (χ1n) is 10.7. The second-order valence-electron chi connectivity index (χ2n) is 8.07. The number of hydrogen-bond donors (Lipinski definition) is 0. The Kier molecular flexibility index (Phi) is 12.4. The first kappa shape index (κ1) is 21.9. The van der Waals surface area contributed by atoms with E-state index >= 15 is 0 Å². The van der Waals surface area contributed by atoms with Gasteiger partial charge < -0.3 is 4.79 Å². The van der Waals surface area contributed by atoms with Crippen molar-refractivity contribution in [3.8, 4) is 0 Å². The average Bonchev–Trinajstić information content (AvgIpc) is 2.63. The van der Waals surface area contributed by atoms with E-state index in [2.05, 4.69) is 38.1 Å². The molecule has 1 rings (SSSR count). The highest BCUT2D eigenvalue weighted by molar-refractivity contribution is 5.59. The van der Waals surface area contributed by atoms with Gasteiger partial charge in [-0.15, -0.1) is 0 Å². The van der Waals surface area contributed by atoms with Crippen molar-refractivity contribution in [1.29, 1.82) is 0 Å². The van der Waals surface area contributed by atoms with Gasteiger partial charge >= 0.3 is 0 Å². The van der Waals surface area contributed by atoms with Crippen LogP contribution in [-0.4, -0.2) is 6.29 Å². The maximum Gasteiger partial charge on any atom is 0.126 e. The molecule has 0 aliphatic rings. The van der Waals surface area contributed by atoms with Crippen molar-refractivity contribution >= 4 is 6.29 Å². The highest BCUT2D eigenvalue weighted by Gasteiger charge is 2.23. The van der Waals surface area contributed by atoms with Crippen LogP contribution in [0.5, 0.6) is 0 Å². The highest BCUT2D eigenvalue weighted by atomic mass is 16.1. The molecule has 0 amide bonds. The highest BCUT2D eigenvalue weighted by Crippen LogP contribution is 2.27. The van der Waals surface area contributed by atoms with E-state index in [-0.39, 0.29) is 5.41 Å². The molecule has 1 unspecified atom stereocenters. The van der Waals surface area contributed by atoms with Gasteiger partial charge in [-0.05, 0) is 18.4 Å². The first-order valence-corrected chi connectivity index (χ1v) is 10.7. The third kappa shape index (κ3) is 11.2. The van der Waals surface area contributed by atoms with Gasteiger partial charge in [-0.1, -0.05) is 121 Å². The molecule has 0 aliphatic heterocycles. The topological polar surface area (TPSA) is 17.1 Å². The Bertz CT molecular complexity index is 425. The third-order valence-corrected chi connectivity index (χ3v) is 5.34. The van der Waals surface area contributed by atoms with Gasteiger partial charge in [0.1, 0.15) is 6.29 Å². The van der Waals surface area contributed by atoms with E-state index in [9.17, 15) is 4.79 Å². The Morgan fingerprint density at radius 1 is 0.760 bits per heavy atom. The van der Waals surface area contributed by atoms with Gasteiger partial charge in [-0.3, -0.25) is 0 Å². The van der Waals surface area contributed by atoms with E-state index in [4.69, 9.17) is 0 Å². The Balaban J connectivity index is 2.01. The molecule has 1 nitrogen and oxygen atoms in total. The molecule has 0 aliphatic carbocycles. The Hall–Kier alpha value is -1.11. The van der Waals surface area contributed by atoms with Crippen molar-refractivity contribution in [2.24, 2.45) is 5.41 Å². The summed E-state index contributed by atoms with van der Waals surface area (Å²) in [6.07, 6.45) is 19.5. The summed E-state index contributed by atoms with van der Waals surface area (Å²) in [4.78, 5) is 11.6. The van der Waals surface area contributed by atoms with Crippen LogP contribution in [0.1, 0.15) is 103 Å². The van der Waals surface area contributed by atoms with Gasteiger partial charge in [-0.2, -0.15) is 0 Å². The molecular formula is C24H40O. The van der Waals surface area contributed by atoms with Crippen LogP contribution >= 0.6 is 0 Å². The zero-order valence-electron chi connectivity index (χ0n) is 16.8. The summed E-state index contributed by atoms with van der Waals surface area (Å²) in [6.45, 7) is 4.39. The van der Waals surface area contributed by atoms with E-state index in [1.807, 2.05) is 6.07 Å². The molecule has 1 aromatic carbocycles. The summed E-state index contributed by atoms with van der Waals surface area (Å²) in [5.41, 5.74) is 1.08. The summed E-state index contributed by atoms with van der Waals surface area (Å²) < 4.78 is 0. The Morgan fingerprint density at radius 3 is 1.72 bits per heavy atom. The van der Waals surface area contributed by atoms with Gasteiger partial charge in [0.2, 0.25) is 0 Å². The molecular weight excluding hydrogens is 304 g/mol. The number of aldehydes is 1. The number of rotatable bonds is 16. The van der Waals surface area contributed by atoms with Gasteiger partial charge in [0.25, 0.3) is 0 Å². The molecule has 0 saturated heterocycles. The van der Waals surface area contributed by atoms with Gasteiger partial charge in [-0.25, -0.2) is 0 Å². The van der Waals surface area contributed by atoms with Crippen LogP contribution in [0, 0.1) is 5.41 Å².